The van der Waals surface area contributed by atoms with E-state index in [1.807, 2.05) is 13.8 Å². The number of hydrogen-bond donors (Lipinski definition) is 0. The summed E-state index contributed by atoms with van der Waals surface area (Å²) in [7, 11) is 0. The molecular formula is C5H10O2Se. The molecule has 0 fully saturated rings. The molecule has 0 aromatic rings. The molecule has 0 heterocycles. The fraction of sp³-hybridized carbons (Fsp3) is 0.800. The van der Waals surface area contributed by atoms with Crippen molar-refractivity contribution in [1.82, 2.24) is 0 Å². The van der Waals surface area contributed by atoms with Crippen molar-refractivity contribution >= 4 is 20.4 Å². The molecule has 0 bridgehead atoms. The molecule has 3 heteroatoms. The van der Waals surface area contributed by atoms with E-state index in [0.29, 0.717) is 18.0 Å². The van der Waals surface area contributed by atoms with Gasteiger partial charge in [0.15, 0.2) is 0 Å². The monoisotopic (exact) mass is 182 g/mol. The van der Waals surface area contributed by atoms with Gasteiger partial charge < -0.3 is 0 Å². The Labute approximate surface area is 57.5 Å². The van der Waals surface area contributed by atoms with Gasteiger partial charge in [-0.05, 0) is 0 Å². The first-order chi connectivity index (χ1) is 3.81. The van der Waals surface area contributed by atoms with Gasteiger partial charge in [0.1, 0.15) is 0 Å². The summed E-state index contributed by atoms with van der Waals surface area (Å²) in [5.74, 6) is 0. The van der Waals surface area contributed by atoms with Crippen LogP contribution in [0.25, 0.3) is 0 Å². The standard InChI is InChI=1S/C5H10O2Se/c1-3-6-5(8)7-4-2/h3-4H2,1-2H3. The topological polar surface area (TPSA) is 18.5 Å². The van der Waals surface area contributed by atoms with Gasteiger partial charge in [-0.15, -0.1) is 0 Å². The quantitative estimate of drug-likeness (QED) is 0.581. The molecule has 48 valence electrons. The van der Waals surface area contributed by atoms with E-state index in [9.17, 15) is 0 Å². The Bertz CT molecular complexity index is 64.8. The predicted octanol–water partition coefficient (Wildman–Crippen LogP) is 0.315. The molecule has 0 atom stereocenters. The van der Waals surface area contributed by atoms with Crippen LogP contribution in [0.1, 0.15) is 13.8 Å². The normalized spacial score (nSPS) is 8.25. The Hall–Kier alpha value is -0.0105. The molecule has 0 N–H and O–H groups in total. The summed E-state index contributed by atoms with van der Waals surface area (Å²) in [5.41, 5.74) is 0. The van der Waals surface area contributed by atoms with Gasteiger partial charge in [0.05, 0.1) is 0 Å². The fourth-order valence-corrected chi connectivity index (χ4v) is 0.772. The third-order valence-electron chi connectivity index (χ3n) is 0.524. The molecule has 0 saturated carbocycles. The second-order valence-electron chi connectivity index (χ2n) is 1.12. The van der Waals surface area contributed by atoms with Gasteiger partial charge >= 0.3 is 56.9 Å². The van der Waals surface area contributed by atoms with Crippen molar-refractivity contribution in [1.29, 1.82) is 0 Å². The third kappa shape index (κ3) is 4.16. The minimum atomic E-state index is 0.537. The van der Waals surface area contributed by atoms with Crippen LogP contribution in [0.2, 0.25) is 0 Å². The second-order valence-corrected chi connectivity index (χ2v) is 1.82. The van der Waals surface area contributed by atoms with E-state index in [0.717, 1.165) is 0 Å². The van der Waals surface area contributed by atoms with E-state index < -0.39 is 0 Å². The van der Waals surface area contributed by atoms with Crippen molar-refractivity contribution in [2.75, 3.05) is 13.2 Å². The maximum atomic E-state index is 4.92. The van der Waals surface area contributed by atoms with E-state index in [2.05, 4.69) is 15.6 Å². The van der Waals surface area contributed by atoms with Gasteiger partial charge in [-0.25, -0.2) is 0 Å². The molecule has 2 nitrogen and oxygen atoms in total. The van der Waals surface area contributed by atoms with Gasteiger partial charge in [-0.1, -0.05) is 0 Å². The number of hydrogen-bond acceptors (Lipinski definition) is 2. The summed E-state index contributed by atoms with van der Waals surface area (Å²) in [4.78, 5) is 0.537. The summed E-state index contributed by atoms with van der Waals surface area (Å²) in [5, 5.41) is 0. The van der Waals surface area contributed by atoms with Gasteiger partial charge in [-0.2, -0.15) is 0 Å². The van der Waals surface area contributed by atoms with Crippen LogP contribution in [0.5, 0.6) is 0 Å². The van der Waals surface area contributed by atoms with Gasteiger partial charge in [0.2, 0.25) is 0 Å². The van der Waals surface area contributed by atoms with Crippen molar-refractivity contribution in [2.24, 2.45) is 0 Å². The van der Waals surface area contributed by atoms with Crippen molar-refractivity contribution in [3.8, 4) is 0 Å². The van der Waals surface area contributed by atoms with Crippen LogP contribution < -0.4 is 0 Å². The molecular weight excluding hydrogens is 171 g/mol. The van der Waals surface area contributed by atoms with Crippen molar-refractivity contribution < 1.29 is 9.47 Å². The Morgan fingerprint density at radius 2 is 1.62 bits per heavy atom. The zero-order chi connectivity index (χ0) is 6.41. The fourth-order valence-electron chi connectivity index (χ4n) is 0.277. The van der Waals surface area contributed by atoms with E-state index in [4.69, 9.17) is 9.47 Å². The van der Waals surface area contributed by atoms with Crippen LogP contribution in [-0.4, -0.2) is 33.6 Å². The molecule has 0 aromatic carbocycles. The van der Waals surface area contributed by atoms with Gasteiger partial charge in [0.25, 0.3) is 0 Å². The molecule has 0 unspecified atom stereocenters. The molecule has 0 aliphatic rings. The van der Waals surface area contributed by atoms with Crippen LogP contribution in [0, 0.1) is 0 Å². The summed E-state index contributed by atoms with van der Waals surface area (Å²) < 4.78 is 9.84. The van der Waals surface area contributed by atoms with Crippen LogP contribution in [-0.2, 0) is 9.47 Å². The molecule has 0 aromatic heterocycles. The van der Waals surface area contributed by atoms with Crippen LogP contribution in [0.15, 0.2) is 0 Å². The van der Waals surface area contributed by atoms with Crippen molar-refractivity contribution in [3.05, 3.63) is 0 Å². The van der Waals surface area contributed by atoms with Crippen molar-refractivity contribution in [2.45, 2.75) is 13.8 Å². The van der Waals surface area contributed by atoms with Crippen LogP contribution in [0.3, 0.4) is 0 Å². The number of rotatable bonds is 4. The first-order valence-electron chi connectivity index (χ1n) is 2.60. The SMILES string of the molecule is CCOC(=[Se])OCC. The van der Waals surface area contributed by atoms with Crippen LogP contribution in [0.4, 0.5) is 0 Å². The zero-order valence-electron chi connectivity index (χ0n) is 5.14. The molecule has 0 rings (SSSR count). The summed E-state index contributed by atoms with van der Waals surface area (Å²) in [6.07, 6.45) is 0. The molecule has 0 aliphatic carbocycles. The third-order valence-corrected chi connectivity index (χ3v) is 1.02. The van der Waals surface area contributed by atoms with E-state index in [-0.39, 0.29) is 0 Å². The summed E-state index contributed by atoms with van der Waals surface area (Å²) in [6.45, 7) is 5.14. The minimum absolute atomic E-state index is 0.537. The molecule has 0 spiro atoms. The summed E-state index contributed by atoms with van der Waals surface area (Å²) in [6, 6.07) is 0. The Morgan fingerprint density at radius 1 is 1.25 bits per heavy atom. The molecule has 0 aliphatic heterocycles. The van der Waals surface area contributed by atoms with Gasteiger partial charge in [0, 0.05) is 0 Å². The second kappa shape index (κ2) is 5.13. The Morgan fingerprint density at radius 3 is 1.88 bits per heavy atom. The number of ether oxygens (including phenoxy) is 2. The van der Waals surface area contributed by atoms with Gasteiger partial charge in [-0.3, -0.25) is 0 Å². The van der Waals surface area contributed by atoms with Crippen molar-refractivity contribution in [3.63, 3.8) is 0 Å². The molecule has 0 saturated heterocycles. The Balaban J connectivity index is 3.06. The van der Waals surface area contributed by atoms with E-state index in [1.165, 1.54) is 0 Å². The maximum absolute atomic E-state index is 4.92. The molecule has 8 heavy (non-hydrogen) atoms. The molecule has 0 radical (unpaired) electrons. The Kier molecular flexibility index (Phi) is 5.13. The first-order valence-corrected chi connectivity index (χ1v) is 3.46. The van der Waals surface area contributed by atoms with E-state index >= 15 is 0 Å². The zero-order valence-corrected chi connectivity index (χ0v) is 6.85. The molecule has 0 amide bonds. The average Bonchev–Trinajstić information content (AvgIpc) is 1.68. The van der Waals surface area contributed by atoms with Crippen LogP contribution >= 0.6 is 0 Å². The predicted molar refractivity (Wildman–Crippen MR) is 34.0 cm³/mol. The summed E-state index contributed by atoms with van der Waals surface area (Å²) >= 11 is 2.65. The van der Waals surface area contributed by atoms with E-state index in [1.54, 1.807) is 0 Å². The first kappa shape index (κ1) is 7.99. The average molecular weight is 181 g/mol.